The minimum Gasteiger partial charge on any atom is -0.365 e. The number of carbonyl (C=O) groups is 1. The molecule has 0 saturated heterocycles. The first-order valence-corrected chi connectivity index (χ1v) is 7.84. The fourth-order valence-electron chi connectivity index (χ4n) is 1.93. The fraction of sp³-hybridized carbons (Fsp3) is 0.0714. The Morgan fingerprint density at radius 3 is 2.78 bits per heavy atom. The van der Waals surface area contributed by atoms with Gasteiger partial charge in [0.1, 0.15) is 11.4 Å². The lowest BCUT2D eigenvalue weighted by atomic mass is 10.2. The van der Waals surface area contributed by atoms with Gasteiger partial charge in [-0.2, -0.15) is 15.0 Å². The number of hydrogen-bond acceptors (Lipinski definition) is 7. The second-order valence-electron chi connectivity index (χ2n) is 4.48. The number of hydrogen-bond donors (Lipinski definition) is 2. The average Bonchev–Trinajstić information content (AvgIpc) is 3.09. The number of benzene rings is 1. The van der Waals surface area contributed by atoms with Gasteiger partial charge < -0.3 is 11.1 Å². The summed E-state index contributed by atoms with van der Waals surface area (Å²) >= 11 is 1.38. The van der Waals surface area contributed by atoms with E-state index in [1.807, 2.05) is 30.5 Å². The molecule has 8 nitrogen and oxygen atoms in total. The van der Waals surface area contributed by atoms with Gasteiger partial charge in [-0.3, -0.25) is 4.79 Å². The first-order valence-electron chi connectivity index (χ1n) is 6.62. The number of nitrogens with one attached hydrogen (secondary N) is 1. The lowest BCUT2D eigenvalue weighted by Crippen LogP contribution is -2.15. The van der Waals surface area contributed by atoms with Crippen molar-refractivity contribution in [1.29, 1.82) is 0 Å². The third-order valence-corrected chi connectivity index (χ3v) is 3.54. The minimum atomic E-state index is -0.593. The van der Waals surface area contributed by atoms with Gasteiger partial charge in [0.25, 0.3) is 5.91 Å². The van der Waals surface area contributed by atoms with Crippen LogP contribution in [0.25, 0.3) is 5.69 Å². The number of carbonyl (C=O) groups excluding carboxylic acids is 1. The summed E-state index contributed by atoms with van der Waals surface area (Å²) in [6.45, 7) is 0. The van der Waals surface area contributed by atoms with Crippen LogP contribution in [0.1, 0.15) is 10.4 Å². The van der Waals surface area contributed by atoms with Crippen LogP contribution in [0.2, 0.25) is 0 Å². The molecule has 0 aliphatic carbocycles. The van der Waals surface area contributed by atoms with E-state index in [0.717, 1.165) is 11.4 Å². The van der Waals surface area contributed by atoms with Gasteiger partial charge in [-0.25, -0.2) is 9.97 Å². The highest BCUT2D eigenvalue weighted by Crippen LogP contribution is 2.22. The minimum absolute atomic E-state index is 0.227. The molecule has 0 aliphatic rings. The van der Waals surface area contributed by atoms with Crippen LogP contribution < -0.4 is 11.1 Å². The predicted octanol–water partition coefficient (Wildman–Crippen LogP) is 1.62. The maximum atomic E-state index is 11.5. The summed E-state index contributed by atoms with van der Waals surface area (Å²) in [5.41, 5.74) is 7.11. The number of rotatable bonds is 5. The fourth-order valence-corrected chi connectivity index (χ4v) is 2.27. The van der Waals surface area contributed by atoms with E-state index in [1.165, 1.54) is 22.8 Å². The van der Waals surface area contributed by atoms with Gasteiger partial charge in [0.15, 0.2) is 5.16 Å². The van der Waals surface area contributed by atoms with Crippen LogP contribution in [0.5, 0.6) is 0 Å². The summed E-state index contributed by atoms with van der Waals surface area (Å²) in [6, 6.07) is 7.40. The van der Waals surface area contributed by atoms with Crippen LogP contribution >= 0.6 is 11.8 Å². The molecular weight excluding hydrogens is 314 g/mol. The monoisotopic (exact) mass is 327 g/mol. The number of nitrogens with zero attached hydrogens (tertiary/aromatic N) is 5. The molecule has 3 rings (SSSR count). The van der Waals surface area contributed by atoms with E-state index in [2.05, 4.69) is 25.5 Å². The normalized spacial score (nSPS) is 10.5. The van der Waals surface area contributed by atoms with Gasteiger partial charge in [0.2, 0.25) is 0 Å². The van der Waals surface area contributed by atoms with E-state index >= 15 is 0 Å². The molecule has 0 bridgehead atoms. The Kier molecular flexibility index (Phi) is 4.20. The lowest BCUT2D eigenvalue weighted by molar-refractivity contribution is 0.100. The highest BCUT2D eigenvalue weighted by molar-refractivity contribution is 7.98. The molecule has 0 aliphatic heterocycles. The average molecular weight is 327 g/mol. The molecule has 116 valence electrons. The number of anilines is 2. The second kappa shape index (κ2) is 6.44. The van der Waals surface area contributed by atoms with Gasteiger partial charge in [0, 0.05) is 11.9 Å². The van der Waals surface area contributed by atoms with E-state index in [4.69, 9.17) is 5.73 Å². The van der Waals surface area contributed by atoms with E-state index in [1.54, 1.807) is 12.4 Å². The third-order valence-electron chi connectivity index (χ3n) is 2.97. The summed E-state index contributed by atoms with van der Waals surface area (Å²) in [6.07, 6.45) is 6.47. The summed E-state index contributed by atoms with van der Waals surface area (Å²) in [5.74, 6) is -0.229. The quantitative estimate of drug-likeness (QED) is 0.541. The maximum absolute atomic E-state index is 11.5. The van der Waals surface area contributed by atoms with E-state index < -0.39 is 5.91 Å². The van der Waals surface area contributed by atoms with Crippen molar-refractivity contribution in [2.45, 2.75) is 5.16 Å². The standard InChI is InChI=1S/C14H13N7OS/c1-23-14-16-8-11(12(15)22)13(20-14)19-9-3-2-4-10(7-9)21-17-5-6-18-21/h2-8H,1H3,(H2,15,22)(H,16,19,20). The molecule has 0 fully saturated rings. The summed E-state index contributed by atoms with van der Waals surface area (Å²) in [7, 11) is 0. The summed E-state index contributed by atoms with van der Waals surface area (Å²) < 4.78 is 0. The van der Waals surface area contributed by atoms with Gasteiger partial charge in [0.05, 0.1) is 18.1 Å². The van der Waals surface area contributed by atoms with Gasteiger partial charge >= 0.3 is 0 Å². The first kappa shape index (κ1) is 15.0. The Balaban J connectivity index is 1.96. The first-order chi connectivity index (χ1) is 11.2. The highest BCUT2D eigenvalue weighted by Gasteiger charge is 2.12. The van der Waals surface area contributed by atoms with Crippen LogP contribution in [-0.2, 0) is 0 Å². The van der Waals surface area contributed by atoms with Crippen molar-refractivity contribution in [1.82, 2.24) is 25.0 Å². The molecule has 0 spiro atoms. The number of thioether (sulfide) groups is 1. The molecular formula is C14H13N7OS. The van der Waals surface area contributed by atoms with Crippen molar-refractivity contribution >= 4 is 29.2 Å². The molecule has 0 radical (unpaired) electrons. The number of amides is 1. The largest absolute Gasteiger partial charge is 0.365 e. The van der Waals surface area contributed by atoms with Crippen LogP contribution in [-0.4, -0.2) is 37.1 Å². The smallest absolute Gasteiger partial charge is 0.254 e. The zero-order valence-electron chi connectivity index (χ0n) is 12.2. The number of primary amides is 1. The third kappa shape index (κ3) is 3.29. The molecule has 23 heavy (non-hydrogen) atoms. The Labute approximate surface area is 136 Å². The zero-order valence-corrected chi connectivity index (χ0v) is 13.0. The zero-order chi connectivity index (χ0) is 16.2. The summed E-state index contributed by atoms with van der Waals surface area (Å²) in [4.78, 5) is 21.4. The SMILES string of the molecule is CSc1ncc(C(N)=O)c(Nc2cccc(-n3nccn3)c2)n1. The Hall–Kier alpha value is -2.94. The molecule has 2 aromatic heterocycles. The van der Waals surface area contributed by atoms with Crippen LogP contribution in [0.15, 0.2) is 48.0 Å². The summed E-state index contributed by atoms with van der Waals surface area (Å²) in [5, 5.41) is 11.8. The molecule has 3 N–H and O–H groups in total. The molecule has 9 heteroatoms. The highest BCUT2D eigenvalue weighted by atomic mass is 32.2. The molecule has 2 heterocycles. The van der Waals surface area contributed by atoms with Crippen molar-refractivity contribution in [3.63, 3.8) is 0 Å². The molecule has 1 aromatic carbocycles. The lowest BCUT2D eigenvalue weighted by Gasteiger charge is -2.10. The second-order valence-corrected chi connectivity index (χ2v) is 5.25. The van der Waals surface area contributed by atoms with Gasteiger partial charge in [-0.1, -0.05) is 17.8 Å². The molecule has 0 saturated carbocycles. The van der Waals surface area contributed by atoms with Gasteiger partial charge in [-0.15, -0.1) is 0 Å². The van der Waals surface area contributed by atoms with E-state index in [0.29, 0.717) is 11.0 Å². The predicted molar refractivity (Wildman–Crippen MR) is 87.0 cm³/mol. The van der Waals surface area contributed by atoms with E-state index in [-0.39, 0.29) is 5.56 Å². The number of nitrogens with two attached hydrogens (primary N) is 1. The van der Waals surface area contributed by atoms with E-state index in [9.17, 15) is 4.79 Å². The molecule has 3 aromatic rings. The van der Waals surface area contributed by atoms with Crippen molar-refractivity contribution in [2.75, 3.05) is 11.6 Å². The van der Waals surface area contributed by atoms with Crippen LogP contribution in [0.4, 0.5) is 11.5 Å². The molecule has 0 unspecified atom stereocenters. The maximum Gasteiger partial charge on any atom is 0.254 e. The van der Waals surface area contributed by atoms with Crippen LogP contribution in [0.3, 0.4) is 0 Å². The topological polar surface area (TPSA) is 112 Å². The Bertz CT molecular complexity index is 835. The molecule has 0 atom stereocenters. The Morgan fingerprint density at radius 1 is 1.30 bits per heavy atom. The van der Waals surface area contributed by atoms with Crippen molar-refractivity contribution < 1.29 is 4.79 Å². The van der Waals surface area contributed by atoms with Crippen molar-refractivity contribution in [2.24, 2.45) is 5.73 Å². The van der Waals surface area contributed by atoms with Gasteiger partial charge in [-0.05, 0) is 24.5 Å². The number of aromatic nitrogens is 5. The molecule has 1 amide bonds. The van der Waals surface area contributed by atoms with Crippen molar-refractivity contribution in [3.8, 4) is 5.69 Å². The van der Waals surface area contributed by atoms with Crippen molar-refractivity contribution in [3.05, 3.63) is 48.4 Å². The Morgan fingerprint density at radius 2 is 2.09 bits per heavy atom. The van der Waals surface area contributed by atoms with Crippen LogP contribution in [0, 0.1) is 0 Å².